The van der Waals surface area contributed by atoms with Crippen molar-refractivity contribution in [2.75, 3.05) is 32.8 Å². The fraction of sp³-hybridized carbons (Fsp3) is 0.393. The number of nitrogens with one attached hydrogen (secondary N) is 1. The molecule has 1 spiro atoms. The second-order valence-electron chi connectivity index (χ2n) is 9.47. The van der Waals surface area contributed by atoms with Crippen LogP contribution in [0.2, 0.25) is 5.02 Å². The molecule has 1 atom stereocenters. The van der Waals surface area contributed by atoms with E-state index < -0.39 is 5.60 Å². The molecule has 2 amide bonds. The fourth-order valence-electron chi connectivity index (χ4n) is 4.96. The van der Waals surface area contributed by atoms with Gasteiger partial charge < -0.3 is 24.3 Å². The SMILES string of the molecule is Cn1c(CCC(=O)N2CCOC3(C/C=C/Cc4ccccc4OCCNC3=O)C2)nc2cc(Cl)ccc21. The Kier molecular flexibility index (Phi) is 7.48. The number of imidazole rings is 1. The number of ether oxygens (including phenoxy) is 2. The molecule has 194 valence electrons. The summed E-state index contributed by atoms with van der Waals surface area (Å²) < 4.78 is 14.0. The average Bonchev–Trinajstić information content (AvgIpc) is 3.21. The number of amides is 2. The van der Waals surface area contributed by atoms with Gasteiger partial charge in [0, 0.05) is 37.9 Å². The quantitative estimate of drug-likeness (QED) is 0.532. The highest BCUT2D eigenvalue weighted by Gasteiger charge is 2.44. The van der Waals surface area contributed by atoms with Crippen molar-refractivity contribution in [3.8, 4) is 5.75 Å². The normalized spacial score (nSPS) is 21.5. The summed E-state index contributed by atoms with van der Waals surface area (Å²) in [7, 11) is 1.94. The molecule has 2 aliphatic heterocycles. The number of allylic oxidation sites excluding steroid dienone is 1. The van der Waals surface area contributed by atoms with E-state index in [9.17, 15) is 9.59 Å². The molecular formula is C28H31ClN4O4. The van der Waals surface area contributed by atoms with Crippen LogP contribution in [0.5, 0.6) is 5.75 Å². The summed E-state index contributed by atoms with van der Waals surface area (Å²) in [5.41, 5.74) is 1.74. The number of fused-ring (bicyclic) bond motifs is 2. The summed E-state index contributed by atoms with van der Waals surface area (Å²) in [6.07, 6.45) is 5.87. The lowest BCUT2D eigenvalue weighted by Gasteiger charge is -2.41. The predicted molar refractivity (Wildman–Crippen MR) is 142 cm³/mol. The standard InChI is InChI=1S/C28H31ClN4O4/c1-32-23-10-9-21(29)18-22(23)31-25(32)11-12-26(34)33-15-17-37-28(19-33)13-5-4-7-20-6-2-3-8-24(20)36-16-14-30-27(28)35/h2-6,8-10,18H,7,11-17,19H2,1H3,(H,30,35)/b5-4+. The van der Waals surface area contributed by atoms with E-state index >= 15 is 0 Å². The van der Waals surface area contributed by atoms with E-state index in [2.05, 4.69) is 10.3 Å². The molecule has 0 radical (unpaired) electrons. The van der Waals surface area contributed by atoms with Gasteiger partial charge in [0.2, 0.25) is 5.91 Å². The second-order valence-corrected chi connectivity index (χ2v) is 9.91. The molecule has 0 bridgehead atoms. The minimum atomic E-state index is -1.13. The summed E-state index contributed by atoms with van der Waals surface area (Å²) >= 11 is 6.11. The van der Waals surface area contributed by atoms with Crippen molar-refractivity contribution in [2.24, 2.45) is 7.05 Å². The fourth-order valence-corrected chi connectivity index (χ4v) is 5.12. The van der Waals surface area contributed by atoms with Crippen LogP contribution in [0.3, 0.4) is 0 Å². The van der Waals surface area contributed by atoms with Gasteiger partial charge in [-0.2, -0.15) is 0 Å². The molecule has 3 heterocycles. The Morgan fingerprint density at radius 3 is 2.95 bits per heavy atom. The largest absolute Gasteiger partial charge is 0.491 e. The Bertz CT molecular complexity index is 1340. The van der Waals surface area contributed by atoms with Crippen molar-refractivity contribution in [1.82, 2.24) is 19.8 Å². The van der Waals surface area contributed by atoms with Gasteiger partial charge in [-0.15, -0.1) is 0 Å². The van der Waals surface area contributed by atoms with Crippen LogP contribution < -0.4 is 10.1 Å². The van der Waals surface area contributed by atoms with Crippen molar-refractivity contribution in [2.45, 2.75) is 31.3 Å². The number of carbonyl (C=O) groups is 2. The van der Waals surface area contributed by atoms with Crippen LogP contribution in [-0.4, -0.2) is 64.7 Å². The van der Waals surface area contributed by atoms with Crippen molar-refractivity contribution in [1.29, 1.82) is 0 Å². The Balaban J connectivity index is 1.27. The number of benzene rings is 2. The van der Waals surface area contributed by atoms with Crippen LogP contribution in [0.1, 0.15) is 24.2 Å². The third kappa shape index (κ3) is 5.50. The summed E-state index contributed by atoms with van der Waals surface area (Å²) in [6, 6.07) is 13.5. The third-order valence-corrected chi connectivity index (χ3v) is 7.26. The molecule has 2 aliphatic rings. The maximum atomic E-state index is 13.3. The summed E-state index contributed by atoms with van der Waals surface area (Å²) in [4.78, 5) is 32.9. The number of hydrogen-bond acceptors (Lipinski definition) is 5. The summed E-state index contributed by atoms with van der Waals surface area (Å²) in [6.45, 7) is 1.67. The van der Waals surface area contributed by atoms with Gasteiger partial charge in [-0.05, 0) is 36.2 Å². The Hall–Kier alpha value is -3.36. The first kappa shape index (κ1) is 25.3. The number of rotatable bonds is 3. The molecule has 9 heteroatoms. The minimum Gasteiger partial charge on any atom is -0.491 e. The highest BCUT2D eigenvalue weighted by molar-refractivity contribution is 6.31. The Morgan fingerprint density at radius 1 is 1.19 bits per heavy atom. The summed E-state index contributed by atoms with van der Waals surface area (Å²) in [5, 5.41) is 3.58. The van der Waals surface area contributed by atoms with E-state index in [-0.39, 0.29) is 18.4 Å². The molecule has 1 N–H and O–H groups in total. The van der Waals surface area contributed by atoms with Crippen LogP contribution in [0.4, 0.5) is 0 Å². The molecule has 3 aromatic rings. The predicted octanol–water partition coefficient (Wildman–Crippen LogP) is 3.45. The van der Waals surface area contributed by atoms with Crippen LogP contribution in [0.25, 0.3) is 11.0 Å². The lowest BCUT2D eigenvalue weighted by molar-refractivity contribution is -0.165. The number of nitrogens with zero attached hydrogens (tertiary/aromatic N) is 3. The highest BCUT2D eigenvalue weighted by atomic mass is 35.5. The smallest absolute Gasteiger partial charge is 0.254 e. The Labute approximate surface area is 221 Å². The van der Waals surface area contributed by atoms with Crippen LogP contribution in [0, 0.1) is 0 Å². The average molecular weight is 523 g/mol. The van der Waals surface area contributed by atoms with Crippen LogP contribution in [0.15, 0.2) is 54.6 Å². The van der Waals surface area contributed by atoms with Crippen LogP contribution in [-0.2, 0) is 34.2 Å². The molecule has 0 aliphatic carbocycles. The third-order valence-electron chi connectivity index (χ3n) is 7.02. The zero-order chi connectivity index (χ0) is 25.8. The molecular weight excluding hydrogens is 492 g/mol. The molecule has 1 unspecified atom stereocenters. The molecule has 1 fully saturated rings. The number of morpholine rings is 1. The first-order valence-corrected chi connectivity index (χ1v) is 13.0. The lowest BCUT2D eigenvalue weighted by Crippen LogP contribution is -2.61. The first-order valence-electron chi connectivity index (χ1n) is 12.6. The topological polar surface area (TPSA) is 85.7 Å². The maximum Gasteiger partial charge on any atom is 0.254 e. The molecule has 1 saturated heterocycles. The van der Waals surface area contributed by atoms with Gasteiger partial charge >= 0.3 is 0 Å². The Morgan fingerprint density at radius 2 is 2.05 bits per heavy atom. The molecule has 5 rings (SSSR count). The van der Waals surface area contributed by atoms with Gasteiger partial charge in [-0.3, -0.25) is 9.59 Å². The monoisotopic (exact) mass is 522 g/mol. The lowest BCUT2D eigenvalue weighted by atomic mass is 9.94. The van der Waals surface area contributed by atoms with Crippen molar-refractivity contribution < 1.29 is 19.1 Å². The van der Waals surface area contributed by atoms with Gasteiger partial charge in [0.15, 0.2) is 5.60 Å². The molecule has 1 aromatic heterocycles. The molecule has 8 nitrogen and oxygen atoms in total. The zero-order valence-corrected chi connectivity index (χ0v) is 21.7. The van der Waals surface area contributed by atoms with Crippen molar-refractivity contribution in [3.05, 3.63) is 71.0 Å². The molecule has 0 saturated carbocycles. The number of para-hydroxylation sites is 1. The van der Waals surface area contributed by atoms with E-state index in [1.807, 2.05) is 66.2 Å². The number of aromatic nitrogens is 2. The van der Waals surface area contributed by atoms with Gasteiger partial charge in [0.05, 0.1) is 30.7 Å². The van der Waals surface area contributed by atoms with E-state index in [0.29, 0.717) is 57.0 Å². The first-order chi connectivity index (χ1) is 17.9. The van der Waals surface area contributed by atoms with Gasteiger partial charge in [-0.1, -0.05) is 42.0 Å². The number of aryl methyl sites for hydroxylation is 2. The van der Waals surface area contributed by atoms with Gasteiger partial charge in [-0.25, -0.2) is 4.98 Å². The number of carbonyl (C=O) groups excluding carboxylic acids is 2. The molecule has 2 aromatic carbocycles. The number of hydrogen-bond donors (Lipinski definition) is 1. The molecule has 37 heavy (non-hydrogen) atoms. The maximum absolute atomic E-state index is 13.3. The van der Waals surface area contributed by atoms with E-state index in [4.69, 9.17) is 21.1 Å². The number of halogens is 1. The second kappa shape index (κ2) is 10.9. The van der Waals surface area contributed by atoms with Gasteiger partial charge in [0.25, 0.3) is 5.91 Å². The van der Waals surface area contributed by atoms with E-state index in [0.717, 1.165) is 28.2 Å². The highest BCUT2D eigenvalue weighted by Crippen LogP contribution is 2.26. The minimum absolute atomic E-state index is 0.0204. The van der Waals surface area contributed by atoms with Crippen LogP contribution >= 0.6 is 11.6 Å². The van der Waals surface area contributed by atoms with Crippen molar-refractivity contribution >= 4 is 34.4 Å². The zero-order valence-electron chi connectivity index (χ0n) is 20.9. The van der Waals surface area contributed by atoms with E-state index in [1.165, 1.54) is 0 Å². The summed E-state index contributed by atoms with van der Waals surface area (Å²) in [5.74, 6) is 1.40. The van der Waals surface area contributed by atoms with Gasteiger partial charge in [0.1, 0.15) is 18.2 Å². The van der Waals surface area contributed by atoms with E-state index in [1.54, 1.807) is 4.90 Å². The van der Waals surface area contributed by atoms with Crippen molar-refractivity contribution in [3.63, 3.8) is 0 Å².